The minimum Gasteiger partial charge on any atom is -0.377 e. The third-order valence-corrected chi connectivity index (χ3v) is 7.04. The van der Waals surface area contributed by atoms with Crippen molar-refractivity contribution >= 4 is 17.6 Å². The quantitative estimate of drug-likeness (QED) is 0.840. The number of nitrogens with zero attached hydrogens (tertiary/aromatic N) is 4. The molecule has 1 aromatic rings. The summed E-state index contributed by atoms with van der Waals surface area (Å²) in [5.74, 6) is 5.01. The Labute approximate surface area is 160 Å². The molecule has 1 aromatic heterocycles. The van der Waals surface area contributed by atoms with Crippen molar-refractivity contribution in [1.29, 1.82) is 0 Å². The van der Waals surface area contributed by atoms with Crippen molar-refractivity contribution in [3.63, 3.8) is 0 Å². The Balaban J connectivity index is 1.43. The molecule has 1 saturated carbocycles. The van der Waals surface area contributed by atoms with Gasteiger partial charge in [-0.15, -0.1) is 0 Å². The van der Waals surface area contributed by atoms with Gasteiger partial charge in [-0.1, -0.05) is 0 Å². The van der Waals surface area contributed by atoms with E-state index in [2.05, 4.69) is 27.6 Å². The summed E-state index contributed by atoms with van der Waals surface area (Å²) in [6, 6.07) is 3.32. The molecule has 3 heterocycles. The number of methoxy groups -OCH3 is 1. The molecule has 3 fully saturated rings. The number of rotatable bonds is 5. The maximum absolute atomic E-state index is 5.98. The molecule has 2 N–H and O–H groups in total. The van der Waals surface area contributed by atoms with E-state index in [-0.39, 0.29) is 0 Å². The molecule has 0 unspecified atom stereocenters. The van der Waals surface area contributed by atoms with E-state index < -0.39 is 0 Å². The van der Waals surface area contributed by atoms with Crippen LogP contribution in [0.5, 0.6) is 0 Å². The van der Waals surface area contributed by atoms with Gasteiger partial charge < -0.3 is 15.4 Å². The summed E-state index contributed by atoms with van der Waals surface area (Å²) in [5, 5.41) is 0. The fourth-order valence-electron chi connectivity index (χ4n) is 4.34. The molecule has 7 heteroatoms. The number of hydrogen-bond acceptors (Lipinski definition) is 7. The largest absolute Gasteiger partial charge is 0.377 e. The van der Waals surface area contributed by atoms with E-state index in [1.807, 2.05) is 0 Å². The monoisotopic (exact) mass is 377 g/mol. The Bertz CT molecular complexity index is 596. The van der Waals surface area contributed by atoms with Crippen LogP contribution in [0.1, 0.15) is 43.1 Å². The SMILES string of the molecule is COCc1nc(C2CC(N)C2)cc(N2CCN(C3CCSCC3)CC2)n1. The van der Waals surface area contributed by atoms with Gasteiger partial charge in [0.25, 0.3) is 0 Å². The molecule has 26 heavy (non-hydrogen) atoms. The number of thioether (sulfide) groups is 1. The van der Waals surface area contributed by atoms with Crippen LogP contribution in [0.2, 0.25) is 0 Å². The Morgan fingerprint density at radius 3 is 2.54 bits per heavy atom. The van der Waals surface area contributed by atoms with Gasteiger partial charge in [0.05, 0.1) is 0 Å². The van der Waals surface area contributed by atoms with Gasteiger partial charge in [0.1, 0.15) is 12.4 Å². The van der Waals surface area contributed by atoms with Gasteiger partial charge in [-0.05, 0) is 37.2 Å². The molecule has 144 valence electrons. The van der Waals surface area contributed by atoms with Crippen molar-refractivity contribution in [3.8, 4) is 0 Å². The summed E-state index contributed by atoms with van der Waals surface area (Å²) in [5.41, 5.74) is 7.13. The van der Waals surface area contributed by atoms with Crippen molar-refractivity contribution in [2.45, 2.75) is 50.3 Å². The fourth-order valence-corrected chi connectivity index (χ4v) is 5.42. The van der Waals surface area contributed by atoms with Crippen LogP contribution in [0, 0.1) is 0 Å². The van der Waals surface area contributed by atoms with E-state index >= 15 is 0 Å². The fraction of sp³-hybridized carbons (Fsp3) is 0.789. The number of anilines is 1. The summed E-state index contributed by atoms with van der Waals surface area (Å²) in [6.45, 7) is 4.86. The molecular weight excluding hydrogens is 346 g/mol. The zero-order chi connectivity index (χ0) is 17.9. The Morgan fingerprint density at radius 2 is 1.88 bits per heavy atom. The summed E-state index contributed by atoms with van der Waals surface area (Å²) < 4.78 is 5.30. The molecule has 0 atom stereocenters. The second-order valence-corrected chi connectivity index (χ2v) is 9.02. The van der Waals surface area contributed by atoms with Crippen LogP contribution in [-0.2, 0) is 11.3 Å². The van der Waals surface area contributed by atoms with E-state index in [1.54, 1.807) is 7.11 Å². The Hall–Kier alpha value is -0.890. The van der Waals surface area contributed by atoms with Gasteiger partial charge in [0.2, 0.25) is 0 Å². The highest BCUT2D eigenvalue weighted by atomic mass is 32.2. The van der Waals surface area contributed by atoms with Crippen molar-refractivity contribution < 1.29 is 4.74 Å². The van der Waals surface area contributed by atoms with Gasteiger partial charge in [0, 0.05) is 63.1 Å². The molecular formula is C19H31N5OS. The minimum absolute atomic E-state index is 0.335. The molecule has 4 rings (SSSR count). The Kier molecular flexibility index (Phi) is 5.98. The number of ether oxygens (including phenoxy) is 1. The first-order valence-corrected chi connectivity index (χ1v) is 11.1. The van der Waals surface area contributed by atoms with Crippen LogP contribution in [-0.4, -0.2) is 71.7 Å². The predicted molar refractivity (Wildman–Crippen MR) is 107 cm³/mol. The van der Waals surface area contributed by atoms with Crippen molar-refractivity contribution in [3.05, 3.63) is 17.6 Å². The molecule has 0 aromatic carbocycles. The Morgan fingerprint density at radius 1 is 1.15 bits per heavy atom. The summed E-state index contributed by atoms with van der Waals surface area (Å²) in [6.07, 6.45) is 4.77. The lowest BCUT2D eigenvalue weighted by molar-refractivity contribution is 0.173. The van der Waals surface area contributed by atoms with Crippen LogP contribution in [0.3, 0.4) is 0 Å². The molecule has 3 aliphatic rings. The highest BCUT2D eigenvalue weighted by Gasteiger charge is 2.30. The van der Waals surface area contributed by atoms with Gasteiger partial charge in [0.15, 0.2) is 5.82 Å². The molecule has 0 spiro atoms. The first-order valence-electron chi connectivity index (χ1n) is 9.92. The van der Waals surface area contributed by atoms with Gasteiger partial charge in [-0.2, -0.15) is 11.8 Å². The average Bonchev–Trinajstić information content (AvgIpc) is 2.66. The summed E-state index contributed by atoms with van der Waals surface area (Å²) >= 11 is 2.10. The smallest absolute Gasteiger partial charge is 0.156 e. The molecule has 0 bridgehead atoms. The van der Waals surface area contributed by atoms with E-state index in [9.17, 15) is 0 Å². The topological polar surface area (TPSA) is 67.5 Å². The minimum atomic E-state index is 0.335. The lowest BCUT2D eigenvalue weighted by Crippen LogP contribution is -2.51. The van der Waals surface area contributed by atoms with Crippen molar-refractivity contribution in [1.82, 2.24) is 14.9 Å². The molecule has 2 saturated heterocycles. The van der Waals surface area contributed by atoms with Crippen molar-refractivity contribution in [2.75, 3.05) is 49.7 Å². The van der Waals surface area contributed by atoms with E-state index in [0.29, 0.717) is 18.6 Å². The van der Waals surface area contributed by atoms with E-state index in [1.165, 1.54) is 24.3 Å². The molecule has 0 amide bonds. The number of piperazine rings is 1. The van der Waals surface area contributed by atoms with Crippen LogP contribution in [0.4, 0.5) is 5.82 Å². The third kappa shape index (κ3) is 4.16. The van der Waals surface area contributed by atoms with Gasteiger partial charge in [-0.3, -0.25) is 4.90 Å². The van der Waals surface area contributed by atoms with Gasteiger partial charge >= 0.3 is 0 Å². The zero-order valence-electron chi connectivity index (χ0n) is 15.8. The van der Waals surface area contributed by atoms with Crippen LogP contribution < -0.4 is 10.6 Å². The van der Waals surface area contributed by atoms with Crippen LogP contribution >= 0.6 is 11.8 Å². The maximum atomic E-state index is 5.98. The lowest BCUT2D eigenvalue weighted by Gasteiger charge is -2.41. The first kappa shape index (κ1) is 18.5. The van der Waals surface area contributed by atoms with E-state index in [0.717, 1.165) is 62.4 Å². The second-order valence-electron chi connectivity index (χ2n) is 7.80. The van der Waals surface area contributed by atoms with E-state index in [4.69, 9.17) is 20.4 Å². The summed E-state index contributed by atoms with van der Waals surface area (Å²) in [4.78, 5) is 14.6. The van der Waals surface area contributed by atoms with Crippen LogP contribution in [0.15, 0.2) is 6.07 Å². The molecule has 1 aliphatic carbocycles. The standard InChI is InChI=1S/C19H31N5OS/c1-25-13-18-21-17(14-10-15(20)11-14)12-19(22-18)24-6-4-23(5-7-24)16-2-8-26-9-3-16/h12,14-16H,2-11,13,20H2,1H3. The molecule has 0 radical (unpaired) electrons. The normalized spacial score (nSPS) is 28.2. The third-order valence-electron chi connectivity index (χ3n) is 5.99. The average molecular weight is 378 g/mol. The highest BCUT2D eigenvalue weighted by molar-refractivity contribution is 7.99. The predicted octanol–water partition coefficient (Wildman–Crippen LogP) is 1.85. The molecule has 6 nitrogen and oxygen atoms in total. The number of aromatic nitrogens is 2. The molecule has 2 aliphatic heterocycles. The number of nitrogens with two attached hydrogens (primary N) is 1. The lowest BCUT2D eigenvalue weighted by atomic mass is 9.78. The summed E-state index contributed by atoms with van der Waals surface area (Å²) in [7, 11) is 1.70. The van der Waals surface area contributed by atoms with Gasteiger partial charge in [-0.25, -0.2) is 9.97 Å². The highest BCUT2D eigenvalue weighted by Crippen LogP contribution is 2.36. The zero-order valence-corrected chi connectivity index (χ0v) is 16.6. The maximum Gasteiger partial charge on any atom is 0.156 e. The first-order chi connectivity index (χ1) is 12.7. The van der Waals surface area contributed by atoms with Crippen molar-refractivity contribution in [2.24, 2.45) is 5.73 Å². The second kappa shape index (κ2) is 8.42. The number of hydrogen-bond donors (Lipinski definition) is 1. The van der Waals surface area contributed by atoms with Crippen LogP contribution in [0.25, 0.3) is 0 Å².